The molecule has 1 heteroatoms. The molecule has 1 nitrogen and oxygen atoms in total. The lowest BCUT2D eigenvalue weighted by Crippen LogP contribution is -2.31. The second-order valence-electron chi connectivity index (χ2n) is 7.56. The van der Waals surface area contributed by atoms with Crippen molar-refractivity contribution in [3.05, 3.63) is 23.5 Å². The summed E-state index contributed by atoms with van der Waals surface area (Å²) in [5.74, 6) is 0. The predicted octanol–water partition coefficient (Wildman–Crippen LogP) is 5.99. The number of hydrogen-bond donors (Lipinski definition) is 0. The summed E-state index contributed by atoms with van der Waals surface area (Å²) < 4.78 is 0. The summed E-state index contributed by atoms with van der Waals surface area (Å²) in [6, 6.07) is 0. The minimum absolute atomic E-state index is 0.143. The van der Waals surface area contributed by atoms with Crippen LogP contribution < -0.4 is 0 Å². The molecule has 0 radical (unpaired) electrons. The molecule has 0 spiro atoms. The summed E-state index contributed by atoms with van der Waals surface area (Å²) in [5, 5.41) is 0. The topological polar surface area (TPSA) is 3.24 Å². The van der Waals surface area contributed by atoms with Gasteiger partial charge >= 0.3 is 0 Å². The van der Waals surface area contributed by atoms with Crippen molar-refractivity contribution in [1.29, 1.82) is 0 Å². The largest absolute Gasteiger partial charge is 0.352 e. The van der Waals surface area contributed by atoms with Crippen LogP contribution in [0.3, 0.4) is 0 Å². The molecule has 0 rings (SSSR count). The van der Waals surface area contributed by atoms with Gasteiger partial charge in [-0.2, -0.15) is 0 Å². The fraction of sp³-hybridized carbons (Fsp3) is 0.778. The Labute approximate surface area is 121 Å². The molecule has 0 atom stereocenters. The lowest BCUT2D eigenvalue weighted by molar-refractivity contribution is 0.321. The maximum absolute atomic E-state index is 4.22. The predicted molar refractivity (Wildman–Crippen MR) is 88.0 cm³/mol. The summed E-state index contributed by atoms with van der Waals surface area (Å²) in [4.78, 5) is 2.33. The van der Waals surface area contributed by atoms with Gasteiger partial charge in [-0.05, 0) is 23.8 Å². The Bertz CT molecular complexity index is 334. The van der Waals surface area contributed by atoms with Crippen molar-refractivity contribution in [2.45, 2.75) is 74.7 Å². The smallest absolute Gasteiger partial charge is 0.0224 e. The Morgan fingerprint density at radius 3 is 1.68 bits per heavy atom. The zero-order chi connectivity index (χ0) is 15.4. The molecule has 19 heavy (non-hydrogen) atoms. The highest BCUT2D eigenvalue weighted by atomic mass is 15.1. The Morgan fingerprint density at radius 2 is 1.42 bits per heavy atom. The molecule has 0 aliphatic heterocycles. The van der Waals surface area contributed by atoms with Gasteiger partial charge in [-0.1, -0.05) is 68.4 Å². The summed E-state index contributed by atoms with van der Waals surface area (Å²) in [6.45, 7) is 22.6. The second kappa shape index (κ2) is 6.63. The van der Waals surface area contributed by atoms with Gasteiger partial charge in [-0.25, -0.2) is 0 Å². The first-order valence-electron chi connectivity index (χ1n) is 7.62. The third kappa shape index (κ3) is 5.04. The Hall–Kier alpha value is -0.720. The van der Waals surface area contributed by atoms with E-state index in [0.717, 1.165) is 12.8 Å². The first-order chi connectivity index (χ1) is 8.46. The number of nitrogens with zero attached hydrogens (tertiary/aromatic N) is 1. The van der Waals surface area contributed by atoms with Crippen molar-refractivity contribution in [1.82, 2.24) is 4.90 Å². The van der Waals surface area contributed by atoms with E-state index in [1.165, 1.54) is 17.8 Å². The van der Waals surface area contributed by atoms with Crippen molar-refractivity contribution >= 4 is 0 Å². The van der Waals surface area contributed by atoms with Crippen LogP contribution in [0.25, 0.3) is 0 Å². The van der Waals surface area contributed by atoms with Gasteiger partial charge in [-0.3, -0.25) is 0 Å². The van der Waals surface area contributed by atoms with E-state index in [1.807, 2.05) is 0 Å². The van der Waals surface area contributed by atoms with E-state index in [9.17, 15) is 0 Å². The lowest BCUT2D eigenvalue weighted by Gasteiger charge is -2.39. The first kappa shape index (κ1) is 18.3. The zero-order valence-corrected chi connectivity index (χ0v) is 14.8. The van der Waals surface area contributed by atoms with Gasteiger partial charge in [-0.15, -0.1) is 0 Å². The average molecular weight is 265 g/mol. The van der Waals surface area contributed by atoms with Gasteiger partial charge in [0.2, 0.25) is 0 Å². The molecule has 0 aliphatic carbocycles. The van der Waals surface area contributed by atoms with E-state index in [-0.39, 0.29) is 10.8 Å². The summed E-state index contributed by atoms with van der Waals surface area (Å²) >= 11 is 0. The molecule has 0 aromatic rings. The minimum atomic E-state index is 0.143. The van der Waals surface area contributed by atoms with Gasteiger partial charge in [0, 0.05) is 23.9 Å². The Kier molecular flexibility index (Phi) is 6.38. The van der Waals surface area contributed by atoms with Gasteiger partial charge < -0.3 is 4.90 Å². The molecule has 112 valence electrons. The van der Waals surface area contributed by atoms with Crippen LogP contribution in [0.4, 0.5) is 0 Å². The summed E-state index contributed by atoms with van der Waals surface area (Å²) in [5.41, 5.74) is 4.57. The van der Waals surface area contributed by atoms with Crippen LogP contribution in [-0.2, 0) is 0 Å². The van der Waals surface area contributed by atoms with Gasteiger partial charge in [0.1, 0.15) is 0 Å². The van der Waals surface area contributed by atoms with Crippen molar-refractivity contribution in [2.75, 3.05) is 7.05 Å². The van der Waals surface area contributed by atoms with Crippen LogP contribution in [-0.4, -0.2) is 11.9 Å². The zero-order valence-electron chi connectivity index (χ0n) is 14.8. The Morgan fingerprint density at radius 1 is 0.947 bits per heavy atom. The van der Waals surface area contributed by atoms with Crippen LogP contribution in [0.5, 0.6) is 0 Å². The number of rotatable bonds is 5. The lowest BCUT2D eigenvalue weighted by atomic mass is 9.76. The molecular weight excluding hydrogens is 230 g/mol. The van der Waals surface area contributed by atoms with E-state index in [4.69, 9.17) is 0 Å². The molecule has 0 aliphatic rings. The fourth-order valence-corrected chi connectivity index (χ4v) is 2.65. The molecule has 0 aromatic carbocycles. The third-order valence-electron chi connectivity index (χ3n) is 3.62. The third-order valence-corrected chi connectivity index (χ3v) is 3.62. The van der Waals surface area contributed by atoms with E-state index >= 15 is 0 Å². The van der Waals surface area contributed by atoms with Crippen molar-refractivity contribution in [3.63, 3.8) is 0 Å². The van der Waals surface area contributed by atoms with Gasteiger partial charge in [0.15, 0.2) is 0 Å². The highest BCUT2D eigenvalue weighted by Crippen LogP contribution is 2.41. The molecular formula is C18H35N. The van der Waals surface area contributed by atoms with Crippen LogP contribution in [0.2, 0.25) is 0 Å². The molecule has 0 N–H and O–H groups in total. The van der Waals surface area contributed by atoms with Crippen LogP contribution in [0, 0.1) is 10.8 Å². The van der Waals surface area contributed by atoms with Gasteiger partial charge in [0.05, 0.1) is 0 Å². The normalized spacial score (nSPS) is 14.2. The quantitative estimate of drug-likeness (QED) is 0.590. The molecule has 0 bridgehead atoms. The number of allylic oxidation sites excluding steroid dienone is 3. The maximum Gasteiger partial charge on any atom is 0.0224 e. The van der Waals surface area contributed by atoms with E-state index < -0.39 is 0 Å². The van der Waals surface area contributed by atoms with E-state index in [0.29, 0.717) is 0 Å². The fourth-order valence-electron chi connectivity index (χ4n) is 2.65. The van der Waals surface area contributed by atoms with Crippen LogP contribution in [0.15, 0.2) is 23.5 Å². The highest BCUT2D eigenvalue weighted by molar-refractivity contribution is 5.26. The Balaban J connectivity index is 5.98. The molecule has 0 aromatic heterocycles. The maximum atomic E-state index is 4.22. The van der Waals surface area contributed by atoms with Crippen molar-refractivity contribution < 1.29 is 0 Å². The molecule has 0 saturated heterocycles. The van der Waals surface area contributed by atoms with Gasteiger partial charge in [0.25, 0.3) is 0 Å². The average Bonchev–Trinajstić information content (AvgIpc) is 2.24. The summed E-state index contributed by atoms with van der Waals surface area (Å²) in [7, 11) is 2.17. The molecule has 0 amide bonds. The van der Waals surface area contributed by atoms with Crippen LogP contribution in [0.1, 0.15) is 74.7 Å². The number of hydrogen-bond acceptors (Lipinski definition) is 1. The molecule has 0 heterocycles. The monoisotopic (exact) mass is 265 g/mol. The molecule has 0 saturated carbocycles. The van der Waals surface area contributed by atoms with Crippen molar-refractivity contribution in [3.8, 4) is 0 Å². The summed E-state index contributed by atoms with van der Waals surface area (Å²) in [6.07, 6.45) is 3.36. The molecule has 0 unspecified atom stereocenters. The van der Waals surface area contributed by atoms with Crippen LogP contribution >= 0.6 is 0 Å². The second-order valence-corrected chi connectivity index (χ2v) is 7.56. The van der Waals surface area contributed by atoms with E-state index in [2.05, 4.69) is 73.9 Å². The SMILES string of the molecule is C=C(CC)N(C)/C(=C(\CCC)C(C)(C)C)C(C)(C)C. The van der Waals surface area contributed by atoms with Crippen molar-refractivity contribution in [2.24, 2.45) is 10.8 Å². The minimum Gasteiger partial charge on any atom is -0.352 e. The first-order valence-corrected chi connectivity index (χ1v) is 7.62. The van der Waals surface area contributed by atoms with E-state index in [1.54, 1.807) is 5.57 Å². The molecule has 0 fully saturated rings. The highest BCUT2D eigenvalue weighted by Gasteiger charge is 2.30. The standard InChI is InChI=1S/C18H35N/c1-11-13-15(17(4,5)6)16(18(7,8)9)19(10)14(3)12-2/h3,11-13H2,1-2,4-10H3/b16-15+.